The van der Waals surface area contributed by atoms with Crippen molar-refractivity contribution in [3.05, 3.63) is 42.6 Å². The summed E-state index contributed by atoms with van der Waals surface area (Å²) in [5.74, 6) is 1.45. The molecule has 3 rings (SSSR count). The molecule has 3 aromatic rings. The summed E-state index contributed by atoms with van der Waals surface area (Å²) in [6.45, 7) is 16.0. The highest BCUT2D eigenvalue weighted by atomic mass is 15.0. The second-order valence-electron chi connectivity index (χ2n) is 6.63. The van der Waals surface area contributed by atoms with Crippen molar-refractivity contribution in [2.75, 3.05) is 0 Å². The fraction of sp³-hybridized carbons (Fsp3) is 0.476. The Hall–Kier alpha value is -1.83. The molecule has 126 valence electrons. The van der Waals surface area contributed by atoms with Gasteiger partial charge in [-0.15, -0.1) is 0 Å². The Balaban J connectivity index is 0.000000388. The predicted molar refractivity (Wildman–Crippen MR) is 104 cm³/mol. The van der Waals surface area contributed by atoms with Gasteiger partial charge in [-0.1, -0.05) is 66.7 Å². The molecule has 0 unspecified atom stereocenters. The van der Waals surface area contributed by atoms with Gasteiger partial charge >= 0.3 is 0 Å². The van der Waals surface area contributed by atoms with Crippen LogP contribution in [-0.2, 0) is 6.54 Å². The van der Waals surface area contributed by atoms with Gasteiger partial charge in [0.25, 0.3) is 0 Å². The van der Waals surface area contributed by atoms with Gasteiger partial charge in [-0.3, -0.25) is 0 Å². The molecule has 0 amide bonds. The van der Waals surface area contributed by atoms with E-state index in [1.807, 2.05) is 26.1 Å². The highest BCUT2D eigenvalue weighted by Gasteiger charge is 2.11. The number of pyridine rings is 1. The molecule has 0 saturated carbocycles. The van der Waals surface area contributed by atoms with E-state index in [9.17, 15) is 0 Å². The third-order valence-corrected chi connectivity index (χ3v) is 3.08. The summed E-state index contributed by atoms with van der Waals surface area (Å²) in [6, 6.07) is 12.7. The first kappa shape index (κ1) is 19.2. The van der Waals surface area contributed by atoms with Crippen LogP contribution in [0.5, 0.6) is 0 Å². The van der Waals surface area contributed by atoms with Crippen molar-refractivity contribution in [2.24, 2.45) is 11.8 Å². The van der Waals surface area contributed by atoms with Crippen molar-refractivity contribution in [2.45, 2.75) is 55.0 Å². The Kier molecular flexibility index (Phi) is 7.80. The second kappa shape index (κ2) is 9.34. The number of aromatic nitrogens is 2. The molecule has 2 nitrogen and oxygen atoms in total. The molecule has 2 heterocycles. The Morgan fingerprint density at radius 2 is 1.43 bits per heavy atom. The molecule has 0 aliphatic carbocycles. The second-order valence-corrected chi connectivity index (χ2v) is 6.63. The molecule has 0 bridgehead atoms. The minimum Gasteiger partial charge on any atom is -0.325 e. The molecule has 1 aromatic carbocycles. The van der Waals surface area contributed by atoms with Crippen molar-refractivity contribution in [1.29, 1.82) is 0 Å². The first-order valence-electron chi connectivity index (χ1n) is 8.82. The van der Waals surface area contributed by atoms with Crippen LogP contribution in [0.25, 0.3) is 21.9 Å². The van der Waals surface area contributed by atoms with Gasteiger partial charge in [0.05, 0.1) is 5.52 Å². The van der Waals surface area contributed by atoms with E-state index < -0.39 is 0 Å². The number of benzene rings is 1. The minimum atomic E-state index is 0.621. The van der Waals surface area contributed by atoms with E-state index in [2.05, 4.69) is 74.5 Å². The molecule has 23 heavy (non-hydrogen) atoms. The summed E-state index contributed by atoms with van der Waals surface area (Å²) < 4.78 is 2.33. The summed E-state index contributed by atoms with van der Waals surface area (Å²) in [4.78, 5) is 4.53. The molecule has 0 atom stereocenters. The summed E-state index contributed by atoms with van der Waals surface area (Å²) in [7, 11) is 0. The topological polar surface area (TPSA) is 17.8 Å². The Labute approximate surface area is 141 Å². The molecule has 2 heteroatoms. The predicted octanol–water partition coefficient (Wildman–Crippen LogP) is 6.53. The summed E-state index contributed by atoms with van der Waals surface area (Å²) in [5.41, 5.74) is 2.39. The third-order valence-electron chi connectivity index (χ3n) is 3.08. The van der Waals surface area contributed by atoms with Gasteiger partial charge in [0, 0.05) is 23.5 Å². The monoisotopic (exact) mass is 312 g/mol. The maximum absolute atomic E-state index is 4.53. The number of hydrogen-bond acceptors (Lipinski definition) is 1. The molecule has 0 spiro atoms. The van der Waals surface area contributed by atoms with Crippen LogP contribution in [0.2, 0.25) is 0 Å². The maximum Gasteiger partial charge on any atom is 0.140 e. The molecule has 0 saturated heterocycles. The lowest BCUT2D eigenvalue weighted by Gasteiger charge is -2.09. The maximum atomic E-state index is 4.53. The Morgan fingerprint density at radius 1 is 0.870 bits per heavy atom. The number of hydrogen-bond donors (Lipinski definition) is 0. The lowest BCUT2D eigenvalue weighted by molar-refractivity contribution is 0.543. The summed E-state index contributed by atoms with van der Waals surface area (Å²) >= 11 is 0. The average molecular weight is 313 g/mol. The van der Waals surface area contributed by atoms with Crippen molar-refractivity contribution >= 4 is 21.9 Å². The van der Waals surface area contributed by atoms with Gasteiger partial charge in [-0.2, -0.15) is 0 Å². The van der Waals surface area contributed by atoms with Crippen LogP contribution in [0.4, 0.5) is 0 Å². The lowest BCUT2D eigenvalue weighted by atomic mass is 10.2. The summed E-state index contributed by atoms with van der Waals surface area (Å²) in [6.07, 6.45) is 1.87. The zero-order chi connectivity index (χ0) is 17.4. The molecule has 2 aromatic heterocycles. The van der Waals surface area contributed by atoms with E-state index in [-0.39, 0.29) is 0 Å². The number of nitrogens with zero attached hydrogens (tertiary/aromatic N) is 2. The molecule has 0 aliphatic heterocycles. The van der Waals surface area contributed by atoms with Crippen molar-refractivity contribution in [3.8, 4) is 0 Å². The van der Waals surface area contributed by atoms with Crippen LogP contribution < -0.4 is 0 Å². The lowest BCUT2D eigenvalue weighted by Crippen LogP contribution is -2.04. The van der Waals surface area contributed by atoms with Crippen molar-refractivity contribution in [3.63, 3.8) is 0 Å². The smallest absolute Gasteiger partial charge is 0.140 e. The fourth-order valence-corrected chi connectivity index (χ4v) is 2.42. The van der Waals surface area contributed by atoms with E-state index in [1.54, 1.807) is 0 Å². The molecule has 0 fully saturated rings. The molecule has 0 aliphatic rings. The number of rotatable bonds is 2. The van der Waals surface area contributed by atoms with Crippen LogP contribution in [0.1, 0.15) is 48.5 Å². The SMILES string of the molecule is CC.CC(C)C.CC(C)Cn1c2ccccc2c2cccnc21. The fourth-order valence-electron chi connectivity index (χ4n) is 2.42. The van der Waals surface area contributed by atoms with Crippen LogP contribution in [0, 0.1) is 11.8 Å². The zero-order valence-corrected chi connectivity index (χ0v) is 15.8. The van der Waals surface area contributed by atoms with Gasteiger partial charge in [0.1, 0.15) is 5.65 Å². The van der Waals surface area contributed by atoms with E-state index in [4.69, 9.17) is 0 Å². The van der Waals surface area contributed by atoms with Gasteiger partial charge in [0.2, 0.25) is 0 Å². The molecule has 0 N–H and O–H groups in total. The van der Waals surface area contributed by atoms with Gasteiger partial charge in [-0.05, 0) is 30.0 Å². The quantitative estimate of drug-likeness (QED) is 0.525. The van der Waals surface area contributed by atoms with Gasteiger partial charge < -0.3 is 4.57 Å². The normalized spacial score (nSPS) is 10.5. The largest absolute Gasteiger partial charge is 0.325 e. The minimum absolute atomic E-state index is 0.621. The van der Waals surface area contributed by atoms with Crippen LogP contribution in [0.15, 0.2) is 42.6 Å². The first-order valence-corrected chi connectivity index (χ1v) is 8.82. The number of fused-ring (bicyclic) bond motifs is 3. The number of para-hydroxylation sites is 1. The van der Waals surface area contributed by atoms with Crippen LogP contribution in [-0.4, -0.2) is 9.55 Å². The zero-order valence-electron chi connectivity index (χ0n) is 15.8. The first-order chi connectivity index (χ1) is 11.0. The van der Waals surface area contributed by atoms with Crippen LogP contribution in [0.3, 0.4) is 0 Å². The van der Waals surface area contributed by atoms with Gasteiger partial charge in [0.15, 0.2) is 0 Å². The van der Waals surface area contributed by atoms with E-state index >= 15 is 0 Å². The molecule has 0 radical (unpaired) electrons. The molecular weight excluding hydrogens is 280 g/mol. The van der Waals surface area contributed by atoms with Gasteiger partial charge in [-0.25, -0.2) is 4.98 Å². The standard InChI is InChI=1S/C15H16N2.C4H10.C2H6/c1-11(2)10-17-14-8-4-3-6-12(14)13-7-5-9-16-15(13)17;1-4(2)3;1-2/h3-9,11H,10H2,1-2H3;4H,1-3H3;1-2H3. The van der Waals surface area contributed by atoms with E-state index in [0.29, 0.717) is 5.92 Å². The van der Waals surface area contributed by atoms with Crippen molar-refractivity contribution < 1.29 is 0 Å². The highest BCUT2D eigenvalue weighted by Crippen LogP contribution is 2.27. The average Bonchev–Trinajstić information content (AvgIpc) is 2.83. The summed E-state index contributed by atoms with van der Waals surface area (Å²) in [5, 5.41) is 2.56. The third kappa shape index (κ3) is 5.09. The highest BCUT2D eigenvalue weighted by molar-refractivity contribution is 6.06. The Bertz CT molecular complexity index is 652. The van der Waals surface area contributed by atoms with E-state index in [0.717, 1.165) is 18.1 Å². The van der Waals surface area contributed by atoms with Crippen molar-refractivity contribution in [1.82, 2.24) is 9.55 Å². The Morgan fingerprint density at radius 3 is 2.04 bits per heavy atom. The van der Waals surface area contributed by atoms with E-state index in [1.165, 1.54) is 16.3 Å². The molecular formula is C21H32N2. The van der Waals surface area contributed by atoms with Crippen LogP contribution >= 0.6 is 0 Å².